The number of phenolic OH excluding ortho intramolecular Hbond substituents is 1. The number of aryl methyl sites for hydroxylation is 3. The molecule has 3 unspecified atom stereocenters. The Kier molecular flexibility index (Phi) is 18.5. The number of carboxylic acid groups (broad SMARTS) is 1. The zero-order valence-electron chi connectivity index (χ0n) is 53.1. The average Bonchev–Trinajstić information content (AvgIpc) is 0.836. The van der Waals surface area contributed by atoms with E-state index in [0.29, 0.717) is 79.3 Å². The van der Waals surface area contributed by atoms with Crippen LogP contribution in [0.15, 0.2) is 94.1 Å². The maximum atomic E-state index is 14.7. The van der Waals surface area contributed by atoms with Crippen molar-refractivity contribution < 1.29 is 86.3 Å². The molecule has 0 aromatic heterocycles. The number of benzene rings is 6. The molecule has 504 valence electrons. The molecule has 1 aliphatic carbocycles. The Morgan fingerprint density at radius 2 is 1.51 bits per heavy atom. The zero-order valence-corrected chi connectivity index (χ0v) is 55.8. The summed E-state index contributed by atoms with van der Waals surface area (Å²) >= 11 is 0. The first-order chi connectivity index (χ1) is 45.8. The number of hydrogen-bond acceptors (Lipinski definition) is 18. The third kappa shape index (κ3) is 13.6. The third-order valence-corrected chi connectivity index (χ3v) is 23.0. The lowest BCUT2D eigenvalue weighted by Gasteiger charge is -2.42. The van der Waals surface area contributed by atoms with Gasteiger partial charge in [0.05, 0.1) is 29.9 Å². The van der Waals surface area contributed by atoms with Gasteiger partial charge in [-0.2, -0.15) is 0 Å². The molecule has 8 heterocycles. The van der Waals surface area contributed by atoms with Gasteiger partial charge in [0.15, 0.2) is 5.43 Å². The van der Waals surface area contributed by atoms with Gasteiger partial charge in [0.25, 0.3) is 35.3 Å². The van der Waals surface area contributed by atoms with Gasteiger partial charge in [0.1, 0.15) is 41.7 Å². The molecule has 5 aromatic rings. The molecule has 5 aromatic carbocycles. The van der Waals surface area contributed by atoms with Gasteiger partial charge in [0.2, 0.25) is 5.36 Å². The zero-order chi connectivity index (χ0) is 67.6. The number of aromatic hydroxyl groups is 1. The SMILES string of the molecule is CC#CCCC1(NC(=O)c2ccc(C3=c4cc5c6c(c4Oc4c3cc3c7c4CCCN7CCC3)CCC[N+]=6CCC5)c(C)c2)CCN(C(=O)c2ccc(-c3c4ccc(=O)cc-4oc4cc(O)ccc34)c(C(=O)O)c2)CC1.C[C@H]1CC[C@@H](COP(=O)([O-])OP(=O)([O-])OP(=O)([O-])O)O1.[HH]. The number of rotatable bonds is 15. The number of likely N-dealkylation sites (tertiary alicyclic amines) is 1. The summed E-state index contributed by atoms with van der Waals surface area (Å²) in [6.45, 7) is 10.2. The van der Waals surface area contributed by atoms with Crippen molar-refractivity contribution in [2.75, 3.05) is 50.8 Å². The van der Waals surface area contributed by atoms with Crippen molar-refractivity contribution in [3.8, 4) is 51.5 Å². The van der Waals surface area contributed by atoms with Crippen molar-refractivity contribution in [1.29, 1.82) is 0 Å². The van der Waals surface area contributed by atoms with Gasteiger partial charge in [-0.1, -0.05) is 12.1 Å². The summed E-state index contributed by atoms with van der Waals surface area (Å²) in [4.78, 5) is 99.2. The summed E-state index contributed by atoms with van der Waals surface area (Å²) in [5.41, 5.74) is 12.7. The van der Waals surface area contributed by atoms with Crippen molar-refractivity contribution in [3.05, 3.63) is 161 Å². The molecule has 9 aliphatic rings. The Morgan fingerprint density at radius 3 is 2.24 bits per heavy atom. The number of nitrogens with one attached hydrogen (secondary N) is 1. The lowest BCUT2D eigenvalue weighted by molar-refractivity contribution is -0.250. The largest absolute Gasteiger partial charge is 0.756 e. The number of fused-ring (bicyclic) bond motifs is 6. The van der Waals surface area contributed by atoms with Gasteiger partial charge in [-0.15, -0.1) is 11.8 Å². The molecule has 0 radical (unpaired) electrons. The van der Waals surface area contributed by atoms with Crippen molar-refractivity contribution in [3.63, 3.8) is 0 Å². The number of nitrogens with zero attached hydrogens (tertiary/aromatic N) is 3. The van der Waals surface area contributed by atoms with E-state index in [0.717, 1.165) is 111 Å². The monoisotopic (exact) mass is 1370 g/mol. The lowest BCUT2D eigenvalue weighted by Crippen LogP contribution is -2.56. The van der Waals surface area contributed by atoms with Crippen LogP contribution >= 0.6 is 23.5 Å². The number of phosphoric acid groups is 3. The molecule has 0 bridgehead atoms. The Balaban J connectivity index is 0.000000370. The molecule has 2 saturated heterocycles. The first kappa shape index (κ1) is 66.8. The molecule has 2 fully saturated rings. The topological polar surface area (TPSA) is 330 Å². The predicted molar refractivity (Wildman–Crippen MR) is 351 cm³/mol. The fourth-order valence-corrected chi connectivity index (χ4v) is 18.0. The molecule has 26 heteroatoms. The number of carboxylic acids is 1. The normalized spacial score (nSPS) is 20.1. The van der Waals surface area contributed by atoms with Crippen LogP contribution in [0.4, 0.5) is 5.69 Å². The highest BCUT2D eigenvalue weighted by atomic mass is 31.3. The van der Waals surface area contributed by atoms with Crippen molar-refractivity contribution in [1.82, 2.24) is 14.8 Å². The number of ether oxygens (including phenoxy) is 2. The molecule has 14 rings (SSSR count). The van der Waals surface area contributed by atoms with Gasteiger partial charge in [-0.05, 0) is 174 Å². The smallest absolute Gasteiger partial charge is 0.336 e. The second-order valence-corrected chi connectivity index (χ2v) is 30.0. The predicted octanol–water partition coefficient (Wildman–Crippen LogP) is 8.17. The van der Waals surface area contributed by atoms with Gasteiger partial charge in [0, 0.05) is 125 Å². The molecular weight excluding hydrogens is 1290 g/mol. The Bertz CT molecular complexity index is 4760. The van der Waals surface area contributed by atoms with Crippen LogP contribution in [-0.4, -0.2) is 101 Å². The molecular formula is C70H73N4O19P3-2. The summed E-state index contributed by atoms with van der Waals surface area (Å²) < 4.78 is 64.1. The number of carbonyl (C=O) groups is 3. The molecule has 96 heavy (non-hydrogen) atoms. The van der Waals surface area contributed by atoms with Gasteiger partial charge in [-0.25, -0.2) is 18.0 Å². The van der Waals surface area contributed by atoms with E-state index in [4.69, 9.17) is 18.8 Å². The quantitative estimate of drug-likeness (QED) is 0.0325. The fourth-order valence-electron chi connectivity index (χ4n) is 15.1. The van der Waals surface area contributed by atoms with E-state index in [9.17, 15) is 57.8 Å². The van der Waals surface area contributed by atoms with Crippen LogP contribution in [-0.2, 0) is 57.3 Å². The van der Waals surface area contributed by atoms with Crippen molar-refractivity contribution >= 4 is 63.5 Å². The highest BCUT2D eigenvalue weighted by Gasteiger charge is 2.40. The maximum absolute atomic E-state index is 14.7. The van der Waals surface area contributed by atoms with Crippen LogP contribution < -0.4 is 50.2 Å². The van der Waals surface area contributed by atoms with Crippen LogP contribution in [0.2, 0.25) is 0 Å². The minimum Gasteiger partial charge on any atom is -0.756 e. The van der Waals surface area contributed by atoms with E-state index in [1.54, 1.807) is 36.1 Å². The number of phenols is 1. The van der Waals surface area contributed by atoms with Crippen molar-refractivity contribution in [2.45, 2.75) is 128 Å². The number of carbonyl (C=O) groups excluding carboxylic acids is 2. The summed E-state index contributed by atoms with van der Waals surface area (Å²) in [5, 5.41) is 27.5. The standard InChI is InChI=1S/C64H58N4O8.C6H15O11P3.H2/c1-3-4-5-22-64(23-29-68(30-24-64)62(72)41-15-19-45(50(34-41)63(73)74)56-46-20-16-42(69)35-53(46)75-54-36-43(70)17-21-47(54)56)65-61(71)40-14-18-44(37(2)31-40)55-51-32-38-10-6-25-66-27-8-12-48(57(38)66)59(51)76-60-49-13-9-28-67-26-7-11-39(58(49)67)33-52(55)60;1-5-2-3-6(15-5)4-14-19(10,11)17-20(12,13)16-18(7,8)9;/h14-21,31-36H,5-13,22-30H2,1-2H3,(H2-,65,69,70,71,73,74);5-6H,2-4H2,1H3,(H,10,11)(H,12,13)(H2,7,8,9);1H/p-2/t;5-,6-;/m.0./s1. The second-order valence-electron chi connectivity index (χ2n) is 25.7. The Morgan fingerprint density at radius 1 is 0.792 bits per heavy atom. The van der Waals surface area contributed by atoms with E-state index in [1.807, 2.05) is 19.1 Å². The summed E-state index contributed by atoms with van der Waals surface area (Å²) in [6, 6.07) is 24.5. The number of anilines is 1. The molecule has 5 atom stereocenters. The lowest BCUT2D eigenvalue weighted by atomic mass is 9.81. The van der Waals surface area contributed by atoms with E-state index < -0.39 is 47.7 Å². The second kappa shape index (κ2) is 26.6. The van der Waals surface area contributed by atoms with E-state index >= 15 is 0 Å². The van der Waals surface area contributed by atoms with Crippen LogP contribution in [0.1, 0.15) is 150 Å². The minimum absolute atomic E-state index is 0. The molecule has 8 aliphatic heterocycles. The van der Waals surface area contributed by atoms with Crippen LogP contribution in [0, 0.1) is 18.8 Å². The van der Waals surface area contributed by atoms with Crippen LogP contribution in [0.5, 0.6) is 17.2 Å². The van der Waals surface area contributed by atoms with E-state index in [-0.39, 0.29) is 53.0 Å². The number of phosphoric ester groups is 1. The average molecular weight is 1370 g/mol. The number of aromatic carboxylic acids is 1. The Hall–Kier alpha value is -7.80. The maximum Gasteiger partial charge on any atom is 0.336 e. The van der Waals surface area contributed by atoms with Gasteiger partial charge >= 0.3 is 5.97 Å². The Labute approximate surface area is 554 Å². The fraction of sp³-hybridized carbons (Fsp3) is 0.386. The molecule has 0 saturated carbocycles. The number of piperidine rings is 1. The van der Waals surface area contributed by atoms with Gasteiger partial charge in [-0.3, -0.25) is 28.1 Å². The number of amides is 2. The first-order valence-corrected chi connectivity index (χ1v) is 36.8. The molecule has 23 nitrogen and oxygen atoms in total. The third-order valence-electron chi connectivity index (χ3n) is 19.3. The van der Waals surface area contributed by atoms with Crippen LogP contribution in [0.25, 0.3) is 39.0 Å². The van der Waals surface area contributed by atoms with E-state index in [1.165, 1.54) is 69.2 Å². The van der Waals surface area contributed by atoms with E-state index in [2.05, 4.69) is 64.9 Å². The highest BCUT2D eigenvalue weighted by molar-refractivity contribution is 7.65. The van der Waals surface area contributed by atoms with Gasteiger partial charge < -0.3 is 63.3 Å². The summed E-state index contributed by atoms with van der Waals surface area (Å²) in [6.07, 6.45) is 11.3. The molecule has 4 N–H and O–H groups in total. The van der Waals surface area contributed by atoms with Crippen LogP contribution in [0.3, 0.4) is 0 Å². The molecule has 2 amide bonds. The molecule has 0 spiro atoms. The first-order valence-electron chi connectivity index (χ1n) is 32.4. The summed E-state index contributed by atoms with van der Waals surface area (Å²) in [7, 11) is -16.9. The highest BCUT2D eigenvalue weighted by Crippen LogP contribution is 2.61. The minimum atomic E-state index is -5.83. The van der Waals surface area contributed by atoms with Crippen molar-refractivity contribution in [2.24, 2.45) is 0 Å². The number of hydrogen-bond donors (Lipinski definition) is 4. The summed E-state index contributed by atoms with van der Waals surface area (Å²) in [5.74, 6) is 6.70.